The Morgan fingerprint density at radius 1 is 1.10 bits per heavy atom. The van der Waals surface area contributed by atoms with E-state index in [4.69, 9.17) is 15.2 Å². The highest BCUT2D eigenvalue weighted by atomic mass is 79.9. The minimum absolute atomic E-state index is 0.184. The van der Waals surface area contributed by atoms with Crippen molar-refractivity contribution in [2.24, 2.45) is 0 Å². The Morgan fingerprint density at radius 2 is 1.81 bits per heavy atom. The summed E-state index contributed by atoms with van der Waals surface area (Å²) in [5.74, 6) is 0.845. The summed E-state index contributed by atoms with van der Waals surface area (Å²) in [5, 5.41) is 0. The molecule has 0 fully saturated rings. The third-order valence-corrected chi connectivity index (χ3v) is 4.05. The second kappa shape index (κ2) is 6.18. The molecule has 0 amide bonds. The molecule has 0 aromatic heterocycles. The number of ether oxygens (including phenoxy) is 2. The van der Waals surface area contributed by atoms with Gasteiger partial charge < -0.3 is 15.2 Å². The van der Waals surface area contributed by atoms with Crippen LogP contribution in [0.3, 0.4) is 0 Å². The summed E-state index contributed by atoms with van der Waals surface area (Å²) < 4.78 is 11.2. The predicted molar refractivity (Wildman–Crippen MR) is 86.3 cm³/mol. The monoisotopic (exact) mass is 349 g/mol. The SMILES string of the molecule is COc1ccc(C(=O)c2cccc(C)c2N)c(OC)c1Br. The summed E-state index contributed by atoms with van der Waals surface area (Å²) >= 11 is 3.39. The minimum Gasteiger partial charge on any atom is -0.495 e. The molecule has 21 heavy (non-hydrogen) atoms. The maximum absolute atomic E-state index is 12.7. The Bertz CT molecular complexity index is 698. The molecule has 0 unspecified atom stereocenters. The Balaban J connectivity index is 2.59. The topological polar surface area (TPSA) is 61.5 Å². The summed E-state index contributed by atoms with van der Waals surface area (Å²) in [6.45, 7) is 1.87. The van der Waals surface area contributed by atoms with E-state index in [9.17, 15) is 4.79 Å². The maximum atomic E-state index is 12.7. The number of hydrogen-bond acceptors (Lipinski definition) is 4. The molecule has 0 spiro atoms. The van der Waals surface area contributed by atoms with Gasteiger partial charge in [-0.1, -0.05) is 12.1 Å². The summed E-state index contributed by atoms with van der Waals surface area (Å²) in [7, 11) is 3.06. The van der Waals surface area contributed by atoms with Gasteiger partial charge in [0.1, 0.15) is 16.0 Å². The van der Waals surface area contributed by atoms with Gasteiger partial charge in [0.2, 0.25) is 0 Å². The molecule has 0 atom stereocenters. The molecule has 4 nitrogen and oxygen atoms in total. The molecule has 0 radical (unpaired) electrons. The van der Waals surface area contributed by atoms with E-state index in [0.29, 0.717) is 32.8 Å². The number of anilines is 1. The number of methoxy groups -OCH3 is 2. The Morgan fingerprint density at radius 3 is 2.43 bits per heavy atom. The second-order valence-corrected chi connectivity index (χ2v) is 5.32. The van der Waals surface area contributed by atoms with Crippen LogP contribution >= 0.6 is 15.9 Å². The molecule has 2 aromatic rings. The van der Waals surface area contributed by atoms with E-state index in [1.807, 2.05) is 19.1 Å². The van der Waals surface area contributed by atoms with Crippen LogP contribution in [0, 0.1) is 6.92 Å². The molecule has 0 heterocycles. The third kappa shape index (κ3) is 2.74. The molecule has 5 heteroatoms. The Labute approximate surface area is 132 Å². The number of carbonyl (C=O) groups excluding carboxylic acids is 1. The van der Waals surface area contributed by atoms with E-state index < -0.39 is 0 Å². The molecule has 0 aliphatic rings. The molecule has 2 rings (SSSR count). The number of nitrogens with two attached hydrogens (primary N) is 1. The van der Waals surface area contributed by atoms with Crippen molar-refractivity contribution in [1.29, 1.82) is 0 Å². The van der Waals surface area contributed by atoms with E-state index in [0.717, 1.165) is 5.56 Å². The van der Waals surface area contributed by atoms with Crippen LogP contribution in [0.4, 0.5) is 5.69 Å². The first-order valence-electron chi connectivity index (χ1n) is 6.31. The van der Waals surface area contributed by atoms with Crippen molar-refractivity contribution >= 4 is 27.4 Å². The van der Waals surface area contributed by atoms with Gasteiger partial charge in [0.05, 0.1) is 19.8 Å². The molecule has 2 N–H and O–H groups in total. The summed E-state index contributed by atoms with van der Waals surface area (Å²) in [4.78, 5) is 12.7. The van der Waals surface area contributed by atoms with Gasteiger partial charge >= 0.3 is 0 Å². The number of hydrogen-bond donors (Lipinski definition) is 1. The fourth-order valence-electron chi connectivity index (χ4n) is 2.10. The number of benzene rings is 2. The van der Waals surface area contributed by atoms with Crippen LogP contribution in [0.5, 0.6) is 11.5 Å². The average Bonchev–Trinajstić information content (AvgIpc) is 2.49. The zero-order valence-electron chi connectivity index (χ0n) is 12.1. The fraction of sp³-hybridized carbons (Fsp3) is 0.188. The van der Waals surface area contributed by atoms with Crippen molar-refractivity contribution in [2.75, 3.05) is 20.0 Å². The number of para-hydroxylation sites is 1. The smallest absolute Gasteiger partial charge is 0.198 e. The lowest BCUT2D eigenvalue weighted by atomic mass is 9.98. The molecule has 2 aromatic carbocycles. The van der Waals surface area contributed by atoms with Crippen LogP contribution in [0.1, 0.15) is 21.5 Å². The van der Waals surface area contributed by atoms with Crippen molar-refractivity contribution < 1.29 is 14.3 Å². The fourth-order valence-corrected chi connectivity index (χ4v) is 2.77. The molecular weight excluding hydrogens is 334 g/mol. The maximum Gasteiger partial charge on any atom is 0.198 e. The first kappa shape index (κ1) is 15.4. The molecular formula is C16H16BrNO3. The minimum atomic E-state index is -0.184. The zero-order chi connectivity index (χ0) is 15.6. The largest absolute Gasteiger partial charge is 0.495 e. The van der Waals surface area contributed by atoms with Crippen LogP contribution in [0.2, 0.25) is 0 Å². The van der Waals surface area contributed by atoms with Gasteiger partial charge in [-0.2, -0.15) is 0 Å². The van der Waals surface area contributed by atoms with Crippen molar-refractivity contribution in [3.63, 3.8) is 0 Å². The van der Waals surface area contributed by atoms with Crippen molar-refractivity contribution in [3.05, 3.63) is 51.5 Å². The van der Waals surface area contributed by atoms with Gasteiger partial charge in [-0.15, -0.1) is 0 Å². The van der Waals surface area contributed by atoms with Gasteiger partial charge in [0, 0.05) is 11.3 Å². The lowest BCUT2D eigenvalue weighted by molar-refractivity contribution is 0.103. The number of carbonyl (C=O) groups is 1. The van der Waals surface area contributed by atoms with Crippen LogP contribution in [-0.2, 0) is 0 Å². The van der Waals surface area contributed by atoms with E-state index in [1.165, 1.54) is 7.11 Å². The predicted octanol–water partition coefficient (Wildman–Crippen LogP) is 3.59. The summed E-state index contributed by atoms with van der Waals surface area (Å²) in [6, 6.07) is 8.78. The van der Waals surface area contributed by atoms with Crippen molar-refractivity contribution in [1.82, 2.24) is 0 Å². The summed E-state index contributed by atoms with van der Waals surface area (Å²) in [5.41, 5.74) is 8.26. The zero-order valence-corrected chi connectivity index (χ0v) is 13.7. The molecule has 0 saturated carbocycles. The molecule has 0 saturated heterocycles. The normalized spacial score (nSPS) is 10.3. The van der Waals surface area contributed by atoms with Crippen LogP contribution in [0.25, 0.3) is 0 Å². The number of aryl methyl sites for hydroxylation is 1. The summed E-state index contributed by atoms with van der Waals surface area (Å²) in [6.07, 6.45) is 0. The highest BCUT2D eigenvalue weighted by Crippen LogP contribution is 2.38. The van der Waals surface area contributed by atoms with Crippen LogP contribution in [-0.4, -0.2) is 20.0 Å². The van der Waals surface area contributed by atoms with Gasteiger partial charge in [-0.05, 0) is 46.6 Å². The first-order chi connectivity index (χ1) is 10.0. The Hall–Kier alpha value is -2.01. The molecule has 0 aliphatic carbocycles. The number of rotatable bonds is 4. The second-order valence-electron chi connectivity index (χ2n) is 4.53. The highest BCUT2D eigenvalue weighted by Gasteiger charge is 2.21. The van der Waals surface area contributed by atoms with E-state index in [1.54, 1.807) is 25.3 Å². The van der Waals surface area contributed by atoms with Gasteiger partial charge in [-0.25, -0.2) is 0 Å². The highest BCUT2D eigenvalue weighted by molar-refractivity contribution is 9.10. The van der Waals surface area contributed by atoms with Gasteiger partial charge in [-0.3, -0.25) is 4.79 Å². The van der Waals surface area contributed by atoms with E-state index >= 15 is 0 Å². The lowest BCUT2D eigenvalue weighted by Gasteiger charge is -2.14. The van der Waals surface area contributed by atoms with Crippen molar-refractivity contribution in [3.8, 4) is 11.5 Å². The number of nitrogen functional groups attached to an aromatic ring is 1. The Kier molecular flexibility index (Phi) is 4.53. The quantitative estimate of drug-likeness (QED) is 0.676. The number of halogens is 1. The third-order valence-electron chi connectivity index (χ3n) is 3.30. The van der Waals surface area contributed by atoms with E-state index in [-0.39, 0.29) is 5.78 Å². The number of ketones is 1. The lowest BCUT2D eigenvalue weighted by Crippen LogP contribution is -2.08. The molecule has 110 valence electrons. The van der Waals surface area contributed by atoms with Crippen LogP contribution in [0.15, 0.2) is 34.8 Å². The first-order valence-corrected chi connectivity index (χ1v) is 7.10. The van der Waals surface area contributed by atoms with Crippen molar-refractivity contribution in [2.45, 2.75) is 6.92 Å². The standard InChI is InChI=1S/C16H16BrNO3/c1-9-5-4-6-10(14(9)18)15(19)11-7-8-12(20-2)13(17)16(11)21-3/h4-8H,18H2,1-3H3. The van der Waals surface area contributed by atoms with Crippen LogP contribution < -0.4 is 15.2 Å². The molecule has 0 bridgehead atoms. The molecule has 0 aliphatic heterocycles. The van der Waals surface area contributed by atoms with Gasteiger partial charge in [0.25, 0.3) is 0 Å². The average molecular weight is 350 g/mol. The van der Waals surface area contributed by atoms with E-state index in [2.05, 4.69) is 15.9 Å². The van der Waals surface area contributed by atoms with Gasteiger partial charge in [0.15, 0.2) is 5.78 Å².